The number of likely N-dealkylation sites (N-methyl/N-ethyl adjacent to an activating group) is 1. The molecule has 2 N–H and O–H groups in total. The first-order valence-electron chi connectivity index (χ1n) is 6.30. The molecule has 0 amide bonds. The van der Waals surface area contributed by atoms with Crippen LogP contribution in [-0.4, -0.2) is 32.3 Å². The molecule has 0 bridgehead atoms. The molecular weight excluding hydrogens is 231 g/mol. The van der Waals surface area contributed by atoms with E-state index in [-0.39, 0.29) is 11.4 Å². The number of hydrogen-bond acceptors (Lipinski definition) is 3. The molecule has 4 heteroatoms. The summed E-state index contributed by atoms with van der Waals surface area (Å²) >= 11 is 0. The molecule has 0 aliphatic carbocycles. The lowest BCUT2D eigenvalue weighted by molar-refractivity contribution is 0.170. The number of anilines is 1. The second kappa shape index (κ2) is 6.71. The van der Waals surface area contributed by atoms with Crippen molar-refractivity contribution >= 4 is 5.69 Å². The average molecular weight is 254 g/mol. The number of ether oxygens (including phenoxy) is 1. The van der Waals surface area contributed by atoms with E-state index >= 15 is 0 Å². The minimum Gasteiger partial charge on any atom is -0.385 e. The molecule has 0 spiro atoms. The maximum Gasteiger partial charge on any atom is 0.146 e. The molecule has 0 aliphatic heterocycles. The Morgan fingerprint density at radius 3 is 2.56 bits per heavy atom. The highest BCUT2D eigenvalue weighted by molar-refractivity contribution is 5.50. The number of nitrogens with two attached hydrogens (primary N) is 1. The van der Waals surface area contributed by atoms with Gasteiger partial charge in [-0.05, 0) is 32.4 Å². The van der Waals surface area contributed by atoms with E-state index in [4.69, 9.17) is 10.5 Å². The maximum atomic E-state index is 13.9. The standard InChI is InChI=1S/C14H23FN2O/c1-4-17(13-8-6-5-7-12(13)15)14(2,11-16)9-10-18-3/h5-8H,4,9-11,16H2,1-3H3. The second-order valence-corrected chi connectivity index (χ2v) is 4.64. The van der Waals surface area contributed by atoms with Crippen molar-refractivity contribution in [2.45, 2.75) is 25.8 Å². The van der Waals surface area contributed by atoms with Crippen LogP contribution in [0.15, 0.2) is 24.3 Å². The zero-order valence-corrected chi connectivity index (χ0v) is 11.4. The zero-order valence-electron chi connectivity index (χ0n) is 11.4. The van der Waals surface area contributed by atoms with E-state index < -0.39 is 0 Å². The van der Waals surface area contributed by atoms with Crippen LogP contribution in [0, 0.1) is 5.82 Å². The van der Waals surface area contributed by atoms with E-state index in [1.165, 1.54) is 6.07 Å². The lowest BCUT2D eigenvalue weighted by Gasteiger charge is -2.42. The van der Waals surface area contributed by atoms with Crippen molar-refractivity contribution in [3.05, 3.63) is 30.1 Å². The molecule has 1 rings (SSSR count). The van der Waals surface area contributed by atoms with Gasteiger partial charge in [0.15, 0.2) is 0 Å². The number of hydrogen-bond donors (Lipinski definition) is 1. The highest BCUT2D eigenvalue weighted by Gasteiger charge is 2.30. The van der Waals surface area contributed by atoms with Crippen LogP contribution in [0.1, 0.15) is 20.3 Å². The fourth-order valence-corrected chi connectivity index (χ4v) is 2.18. The SMILES string of the molecule is CCN(c1ccccc1F)C(C)(CN)CCOC. The number of nitrogens with zero attached hydrogens (tertiary/aromatic N) is 1. The predicted octanol–water partition coefficient (Wildman–Crippen LogP) is 2.41. The third-order valence-corrected chi connectivity index (χ3v) is 3.40. The number of benzene rings is 1. The van der Waals surface area contributed by atoms with Crippen molar-refractivity contribution in [3.63, 3.8) is 0 Å². The van der Waals surface area contributed by atoms with Crippen molar-refractivity contribution in [2.24, 2.45) is 5.73 Å². The predicted molar refractivity (Wildman–Crippen MR) is 73.4 cm³/mol. The van der Waals surface area contributed by atoms with Crippen LogP contribution >= 0.6 is 0 Å². The van der Waals surface area contributed by atoms with Crippen LogP contribution in [0.3, 0.4) is 0 Å². The fraction of sp³-hybridized carbons (Fsp3) is 0.571. The molecule has 18 heavy (non-hydrogen) atoms. The van der Waals surface area contributed by atoms with Crippen LogP contribution in [0.4, 0.5) is 10.1 Å². The average Bonchev–Trinajstić information content (AvgIpc) is 2.39. The molecule has 0 saturated heterocycles. The Morgan fingerprint density at radius 1 is 1.39 bits per heavy atom. The summed E-state index contributed by atoms with van der Waals surface area (Å²) in [5, 5.41) is 0. The van der Waals surface area contributed by atoms with Crippen molar-refractivity contribution in [1.29, 1.82) is 0 Å². The highest BCUT2D eigenvalue weighted by atomic mass is 19.1. The summed E-state index contributed by atoms with van der Waals surface area (Å²) in [5.41, 5.74) is 6.19. The van der Waals surface area contributed by atoms with Gasteiger partial charge in [-0.2, -0.15) is 0 Å². The molecule has 3 nitrogen and oxygen atoms in total. The van der Waals surface area contributed by atoms with Gasteiger partial charge in [0.25, 0.3) is 0 Å². The summed E-state index contributed by atoms with van der Waals surface area (Å²) in [6, 6.07) is 6.81. The molecule has 1 aromatic carbocycles. The number of methoxy groups -OCH3 is 1. The van der Waals surface area contributed by atoms with Crippen LogP contribution in [0.25, 0.3) is 0 Å². The van der Waals surface area contributed by atoms with Crippen LogP contribution < -0.4 is 10.6 Å². The Kier molecular flexibility index (Phi) is 5.56. The Bertz CT molecular complexity index is 373. The van der Waals surface area contributed by atoms with E-state index in [9.17, 15) is 4.39 Å². The van der Waals surface area contributed by atoms with Crippen molar-refractivity contribution < 1.29 is 9.13 Å². The van der Waals surface area contributed by atoms with Gasteiger partial charge in [0, 0.05) is 26.8 Å². The van der Waals surface area contributed by atoms with Crippen molar-refractivity contribution in [2.75, 3.05) is 31.7 Å². The van der Waals surface area contributed by atoms with E-state index in [0.29, 0.717) is 25.4 Å². The Hall–Kier alpha value is -1.13. The second-order valence-electron chi connectivity index (χ2n) is 4.64. The normalized spacial score (nSPS) is 14.3. The van der Waals surface area contributed by atoms with E-state index in [2.05, 4.69) is 0 Å². The summed E-state index contributed by atoms with van der Waals surface area (Å²) in [4.78, 5) is 2.02. The first-order valence-corrected chi connectivity index (χ1v) is 6.30. The topological polar surface area (TPSA) is 38.5 Å². The van der Waals surface area contributed by atoms with Crippen LogP contribution in [0.5, 0.6) is 0 Å². The van der Waals surface area contributed by atoms with Gasteiger partial charge in [-0.3, -0.25) is 0 Å². The number of halogens is 1. The Morgan fingerprint density at radius 2 is 2.06 bits per heavy atom. The highest BCUT2D eigenvalue weighted by Crippen LogP contribution is 2.28. The molecule has 0 saturated carbocycles. The first-order chi connectivity index (χ1) is 8.59. The maximum absolute atomic E-state index is 13.9. The molecule has 0 heterocycles. The van der Waals surface area contributed by atoms with Gasteiger partial charge < -0.3 is 15.4 Å². The molecule has 0 fully saturated rings. The minimum atomic E-state index is -0.299. The van der Waals surface area contributed by atoms with Gasteiger partial charge in [-0.25, -0.2) is 4.39 Å². The molecule has 0 aliphatic rings. The van der Waals surface area contributed by atoms with Crippen LogP contribution in [-0.2, 0) is 4.74 Å². The zero-order chi connectivity index (χ0) is 13.6. The molecule has 1 aromatic rings. The lowest BCUT2D eigenvalue weighted by atomic mass is 9.94. The largest absolute Gasteiger partial charge is 0.385 e. The smallest absolute Gasteiger partial charge is 0.146 e. The third-order valence-electron chi connectivity index (χ3n) is 3.40. The van der Waals surface area contributed by atoms with Crippen LogP contribution in [0.2, 0.25) is 0 Å². The third kappa shape index (κ3) is 3.21. The molecule has 0 radical (unpaired) electrons. The summed E-state index contributed by atoms with van der Waals surface area (Å²) in [6.45, 7) is 5.82. The summed E-state index contributed by atoms with van der Waals surface area (Å²) < 4.78 is 19.0. The van der Waals surface area contributed by atoms with Crippen molar-refractivity contribution in [1.82, 2.24) is 0 Å². The summed E-state index contributed by atoms with van der Waals surface area (Å²) in [6.07, 6.45) is 0.766. The molecule has 102 valence electrons. The minimum absolute atomic E-state index is 0.212. The van der Waals surface area contributed by atoms with Gasteiger partial charge in [0.2, 0.25) is 0 Å². The molecule has 1 atom stereocenters. The molecule has 0 aromatic heterocycles. The van der Waals surface area contributed by atoms with Gasteiger partial charge in [0.05, 0.1) is 11.2 Å². The van der Waals surface area contributed by atoms with Gasteiger partial charge in [0.1, 0.15) is 5.82 Å². The van der Waals surface area contributed by atoms with E-state index in [1.807, 2.05) is 24.8 Å². The monoisotopic (exact) mass is 254 g/mol. The molecular formula is C14H23FN2O. The quantitative estimate of drug-likeness (QED) is 0.812. The number of rotatable bonds is 7. The Balaban J connectivity index is 3.03. The molecule has 1 unspecified atom stereocenters. The lowest BCUT2D eigenvalue weighted by Crippen LogP contribution is -2.53. The van der Waals surface area contributed by atoms with Gasteiger partial charge in [-0.15, -0.1) is 0 Å². The Labute approximate surface area is 109 Å². The first kappa shape index (κ1) is 14.9. The fourth-order valence-electron chi connectivity index (χ4n) is 2.18. The van der Waals surface area contributed by atoms with Gasteiger partial charge in [-0.1, -0.05) is 12.1 Å². The van der Waals surface area contributed by atoms with E-state index in [1.54, 1.807) is 19.2 Å². The van der Waals surface area contributed by atoms with Crippen molar-refractivity contribution in [3.8, 4) is 0 Å². The van der Waals surface area contributed by atoms with Gasteiger partial charge >= 0.3 is 0 Å². The summed E-state index contributed by atoms with van der Waals surface area (Å²) in [7, 11) is 1.66. The summed E-state index contributed by atoms with van der Waals surface area (Å²) in [5.74, 6) is -0.212. The van der Waals surface area contributed by atoms with E-state index in [0.717, 1.165) is 6.42 Å². The number of para-hydroxylation sites is 1.